The standard InChI is InChI=1S/C9H14N4O2S/c1-9(2,3)7-10-11-8-13(7)12-5(4-16-8)6(14)15/h5,12H,4H2,1-3H3,(H,14,15). The molecular formula is C9H14N4O2S. The van der Waals surface area contributed by atoms with Crippen LogP contribution in [0.3, 0.4) is 0 Å². The van der Waals surface area contributed by atoms with E-state index in [1.54, 1.807) is 4.68 Å². The first-order valence-corrected chi connectivity index (χ1v) is 5.96. The van der Waals surface area contributed by atoms with Crippen molar-refractivity contribution < 1.29 is 9.90 Å². The summed E-state index contributed by atoms with van der Waals surface area (Å²) < 4.78 is 1.69. The van der Waals surface area contributed by atoms with Gasteiger partial charge in [0.25, 0.3) is 0 Å². The Morgan fingerprint density at radius 1 is 1.56 bits per heavy atom. The quantitative estimate of drug-likeness (QED) is 0.753. The lowest BCUT2D eigenvalue weighted by Crippen LogP contribution is -2.42. The van der Waals surface area contributed by atoms with Gasteiger partial charge in [-0.05, 0) is 0 Å². The monoisotopic (exact) mass is 242 g/mol. The van der Waals surface area contributed by atoms with Crippen molar-refractivity contribution in [1.29, 1.82) is 0 Å². The van der Waals surface area contributed by atoms with Crippen molar-refractivity contribution >= 4 is 17.7 Å². The van der Waals surface area contributed by atoms with Crippen molar-refractivity contribution in [2.75, 3.05) is 11.2 Å². The van der Waals surface area contributed by atoms with Gasteiger partial charge in [0, 0.05) is 11.2 Å². The molecule has 2 N–H and O–H groups in total. The molecule has 88 valence electrons. The zero-order valence-electron chi connectivity index (χ0n) is 9.39. The Hall–Kier alpha value is -1.24. The van der Waals surface area contributed by atoms with E-state index in [1.165, 1.54) is 11.8 Å². The van der Waals surface area contributed by atoms with Crippen molar-refractivity contribution in [1.82, 2.24) is 14.9 Å². The van der Waals surface area contributed by atoms with Gasteiger partial charge in [-0.25, -0.2) is 9.47 Å². The minimum atomic E-state index is -0.855. The summed E-state index contributed by atoms with van der Waals surface area (Å²) in [5.74, 6) is 0.366. The second-order valence-electron chi connectivity index (χ2n) is 4.72. The predicted molar refractivity (Wildman–Crippen MR) is 60.2 cm³/mol. The molecule has 0 spiro atoms. The van der Waals surface area contributed by atoms with E-state index in [-0.39, 0.29) is 5.41 Å². The van der Waals surface area contributed by atoms with Crippen molar-refractivity contribution in [3.05, 3.63) is 5.82 Å². The molecule has 1 aromatic heterocycles. The molecule has 0 saturated heterocycles. The van der Waals surface area contributed by atoms with Crippen molar-refractivity contribution in [2.45, 2.75) is 37.4 Å². The van der Waals surface area contributed by atoms with Gasteiger partial charge in [-0.15, -0.1) is 10.2 Å². The SMILES string of the molecule is CC(C)(C)c1nnc2n1NC(C(=O)O)CS2. The van der Waals surface area contributed by atoms with Gasteiger partial charge in [-0.3, -0.25) is 0 Å². The Morgan fingerprint density at radius 3 is 2.81 bits per heavy atom. The van der Waals surface area contributed by atoms with Gasteiger partial charge in [0.15, 0.2) is 5.82 Å². The number of hydrogen-bond acceptors (Lipinski definition) is 5. The van der Waals surface area contributed by atoms with Crippen LogP contribution in [0, 0.1) is 0 Å². The fourth-order valence-corrected chi connectivity index (χ4v) is 2.34. The maximum absolute atomic E-state index is 10.9. The van der Waals surface area contributed by atoms with Crippen LogP contribution in [-0.2, 0) is 10.2 Å². The number of nitrogens with one attached hydrogen (secondary N) is 1. The Labute approximate surface area is 97.4 Å². The van der Waals surface area contributed by atoms with E-state index in [4.69, 9.17) is 5.11 Å². The topological polar surface area (TPSA) is 80.0 Å². The number of thioether (sulfide) groups is 1. The third kappa shape index (κ3) is 1.87. The lowest BCUT2D eigenvalue weighted by molar-refractivity contribution is -0.137. The molecule has 0 aromatic carbocycles. The molecule has 16 heavy (non-hydrogen) atoms. The number of hydrogen-bond donors (Lipinski definition) is 2. The van der Waals surface area contributed by atoms with Gasteiger partial charge in [-0.1, -0.05) is 32.5 Å². The molecule has 2 heterocycles. The van der Waals surface area contributed by atoms with Gasteiger partial charge < -0.3 is 10.5 Å². The number of carboxylic acid groups (broad SMARTS) is 1. The van der Waals surface area contributed by atoms with E-state index in [2.05, 4.69) is 15.6 Å². The third-order valence-corrected chi connectivity index (χ3v) is 3.29. The molecule has 0 bridgehead atoms. The normalized spacial score (nSPS) is 20.1. The lowest BCUT2D eigenvalue weighted by Gasteiger charge is -2.26. The van der Waals surface area contributed by atoms with Gasteiger partial charge >= 0.3 is 5.97 Å². The molecule has 1 aromatic rings. The molecule has 1 aliphatic heterocycles. The van der Waals surface area contributed by atoms with E-state index >= 15 is 0 Å². The third-order valence-electron chi connectivity index (χ3n) is 2.27. The fourth-order valence-electron chi connectivity index (χ4n) is 1.44. The van der Waals surface area contributed by atoms with Crippen LogP contribution in [0.1, 0.15) is 26.6 Å². The summed E-state index contributed by atoms with van der Waals surface area (Å²) in [6.07, 6.45) is 0. The molecule has 6 nitrogen and oxygen atoms in total. The van der Waals surface area contributed by atoms with E-state index in [0.717, 1.165) is 11.0 Å². The number of carbonyl (C=O) groups is 1. The van der Waals surface area contributed by atoms with E-state index in [0.29, 0.717) is 5.75 Å². The Balaban J connectivity index is 2.35. The molecule has 0 amide bonds. The summed E-state index contributed by atoms with van der Waals surface area (Å²) in [6, 6.07) is -0.588. The summed E-state index contributed by atoms with van der Waals surface area (Å²) in [5.41, 5.74) is 2.76. The number of carboxylic acids is 1. The molecule has 0 saturated carbocycles. The molecule has 1 unspecified atom stereocenters. The zero-order valence-corrected chi connectivity index (χ0v) is 10.2. The summed E-state index contributed by atoms with van der Waals surface area (Å²) in [5, 5.41) is 17.8. The highest BCUT2D eigenvalue weighted by Gasteiger charge is 2.31. The second kappa shape index (κ2) is 3.65. The number of aliphatic carboxylic acids is 1. The maximum Gasteiger partial charge on any atom is 0.328 e. The average Bonchev–Trinajstić information content (AvgIpc) is 2.58. The van der Waals surface area contributed by atoms with Crippen molar-refractivity contribution in [2.24, 2.45) is 0 Å². The average molecular weight is 242 g/mol. The Bertz CT molecular complexity index is 424. The second-order valence-corrected chi connectivity index (χ2v) is 5.71. The van der Waals surface area contributed by atoms with Gasteiger partial charge in [0.05, 0.1) is 0 Å². The highest BCUT2D eigenvalue weighted by atomic mass is 32.2. The molecular weight excluding hydrogens is 228 g/mol. The molecule has 0 radical (unpaired) electrons. The summed E-state index contributed by atoms with van der Waals surface area (Å²) >= 11 is 1.41. The molecule has 1 atom stereocenters. The minimum Gasteiger partial charge on any atom is -0.480 e. The molecule has 7 heteroatoms. The van der Waals surface area contributed by atoms with Gasteiger partial charge in [0.1, 0.15) is 6.04 Å². The Morgan fingerprint density at radius 2 is 2.25 bits per heavy atom. The van der Waals surface area contributed by atoms with Crippen molar-refractivity contribution in [3.63, 3.8) is 0 Å². The largest absolute Gasteiger partial charge is 0.480 e. The molecule has 1 aliphatic rings. The highest BCUT2D eigenvalue weighted by Crippen LogP contribution is 2.27. The summed E-state index contributed by atoms with van der Waals surface area (Å²) in [6.45, 7) is 6.04. The minimum absolute atomic E-state index is 0.167. The van der Waals surface area contributed by atoms with Crippen LogP contribution >= 0.6 is 11.8 Å². The van der Waals surface area contributed by atoms with Crippen LogP contribution in [0.15, 0.2) is 5.16 Å². The van der Waals surface area contributed by atoms with Crippen LogP contribution in [0.5, 0.6) is 0 Å². The Kier molecular flexibility index (Phi) is 2.57. The fraction of sp³-hybridized carbons (Fsp3) is 0.667. The number of nitrogens with zero attached hydrogens (tertiary/aromatic N) is 3. The first-order chi connectivity index (χ1) is 7.39. The van der Waals surface area contributed by atoms with Crippen LogP contribution < -0.4 is 5.43 Å². The lowest BCUT2D eigenvalue weighted by atomic mass is 9.96. The molecule has 2 rings (SSSR count). The molecule has 0 aliphatic carbocycles. The van der Waals surface area contributed by atoms with Crippen molar-refractivity contribution in [3.8, 4) is 0 Å². The highest BCUT2D eigenvalue weighted by molar-refractivity contribution is 7.99. The zero-order chi connectivity index (χ0) is 11.9. The van der Waals surface area contributed by atoms with Gasteiger partial charge in [0.2, 0.25) is 5.16 Å². The smallest absolute Gasteiger partial charge is 0.328 e. The number of aromatic nitrogens is 3. The van der Waals surface area contributed by atoms with E-state index < -0.39 is 12.0 Å². The van der Waals surface area contributed by atoms with Gasteiger partial charge in [-0.2, -0.15) is 0 Å². The number of rotatable bonds is 1. The van der Waals surface area contributed by atoms with E-state index in [1.807, 2.05) is 20.8 Å². The van der Waals surface area contributed by atoms with E-state index in [9.17, 15) is 4.79 Å². The summed E-state index contributed by atoms with van der Waals surface area (Å²) in [4.78, 5) is 10.9. The van der Waals surface area contributed by atoms with Crippen LogP contribution in [0.2, 0.25) is 0 Å². The summed E-state index contributed by atoms with van der Waals surface area (Å²) in [7, 11) is 0. The number of fused-ring (bicyclic) bond motifs is 1. The van der Waals surface area contributed by atoms with Crippen LogP contribution in [-0.4, -0.2) is 37.7 Å². The molecule has 0 fully saturated rings. The maximum atomic E-state index is 10.9. The first kappa shape index (κ1) is 11.3. The van der Waals surface area contributed by atoms with Crippen LogP contribution in [0.4, 0.5) is 0 Å². The van der Waals surface area contributed by atoms with Crippen LogP contribution in [0.25, 0.3) is 0 Å². The first-order valence-electron chi connectivity index (χ1n) is 4.97. The predicted octanol–water partition coefficient (Wildman–Crippen LogP) is 0.678.